The first-order chi connectivity index (χ1) is 9.70. The van der Waals surface area contributed by atoms with Crippen molar-refractivity contribution in [2.75, 3.05) is 26.3 Å². The lowest BCUT2D eigenvalue weighted by molar-refractivity contribution is 0.0945. The van der Waals surface area contributed by atoms with Crippen LogP contribution in [0, 0.1) is 24.7 Å². The van der Waals surface area contributed by atoms with Gasteiger partial charge in [0.2, 0.25) is 0 Å². The van der Waals surface area contributed by atoms with Gasteiger partial charge < -0.3 is 15.8 Å². The molecule has 20 heavy (non-hydrogen) atoms. The molecule has 0 radical (unpaired) electrons. The maximum atomic E-state index is 12.2. The Morgan fingerprint density at radius 3 is 3.10 bits per heavy atom. The number of aryl methyl sites for hydroxylation is 1. The van der Waals surface area contributed by atoms with E-state index in [4.69, 9.17) is 10.5 Å². The van der Waals surface area contributed by atoms with Gasteiger partial charge in [0, 0.05) is 24.6 Å². The minimum absolute atomic E-state index is 0.0850. The second-order valence-corrected chi connectivity index (χ2v) is 4.99. The maximum absolute atomic E-state index is 12.2. The molecule has 1 aliphatic heterocycles. The Balaban J connectivity index is 2.07. The smallest absolute Gasteiger partial charge is 0.252 e. The summed E-state index contributed by atoms with van der Waals surface area (Å²) in [5.74, 6) is 6.10. The van der Waals surface area contributed by atoms with Crippen LogP contribution in [-0.2, 0) is 4.74 Å². The molecule has 1 amide bonds. The van der Waals surface area contributed by atoms with Gasteiger partial charge in [0.25, 0.3) is 5.91 Å². The van der Waals surface area contributed by atoms with Gasteiger partial charge in [-0.2, -0.15) is 0 Å². The molecule has 4 heteroatoms. The van der Waals surface area contributed by atoms with Gasteiger partial charge in [0.05, 0.1) is 18.7 Å². The van der Waals surface area contributed by atoms with Crippen LogP contribution in [0.15, 0.2) is 18.2 Å². The molecule has 0 aliphatic carbocycles. The molecule has 1 saturated heterocycles. The highest BCUT2D eigenvalue weighted by molar-refractivity contribution is 5.96. The Bertz CT molecular complexity index is 537. The molecule has 1 aromatic carbocycles. The largest absolute Gasteiger partial charge is 0.381 e. The Morgan fingerprint density at radius 1 is 1.55 bits per heavy atom. The van der Waals surface area contributed by atoms with Crippen molar-refractivity contribution < 1.29 is 9.53 Å². The third-order valence-electron chi connectivity index (χ3n) is 3.32. The molecule has 1 aromatic rings. The van der Waals surface area contributed by atoms with E-state index < -0.39 is 0 Å². The molecular weight excluding hydrogens is 252 g/mol. The SMILES string of the molecule is Cc1ccc(C(=O)NCC2CCOC2)c(C#CCN)c1. The summed E-state index contributed by atoms with van der Waals surface area (Å²) in [6, 6.07) is 5.65. The molecule has 0 bridgehead atoms. The third-order valence-corrected chi connectivity index (χ3v) is 3.32. The first-order valence-corrected chi connectivity index (χ1v) is 6.86. The predicted octanol–water partition coefficient (Wildman–Crippen LogP) is 1.07. The average Bonchev–Trinajstić information content (AvgIpc) is 2.96. The van der Waals surface area contributed by atoms with E-state index >= 15 is 0 Å². The highest BCUT2D eigenvalue weighted by Gasteiger charge is 2.17. The molecule has 106 valence electrons. The second-order valence-electron chi connectivity index (χ2n) is 4.99. The summed E-state index contributed by atoms with van der Waals surface area (Å²) >= 11 is 0. The zero-order valence-corrected chi connectivity index (χ0v) is 11.7. The van der Waals surface area contributed by atoms with Gasteiger partial charge in [-0.3, -0.25) is 4.79 Å². The van der Waals surface area contributed by atoms with Crippen molar-refractivity contribution in [3.63, 3.8) is 0 Å². The van der Waals surface area contributed by atoms with Crippen molar-refractivity contribution in [1.29, 1.82) is 0 Å². The normalized spacial score (nSPS) is 17.4. The van der Waals surface area contributed by atoms with Crippen molar-refractivity contribution >= 4 is 5.91 Å². The summed E-state index contributed by atoms with van der Waals surface area (Å²) in [4.78, 5) is 12.2. The Kier molecular flexibility index (Phi) is 5.16. The first kappa shape index (κ1) is 14.6. The van der Waals surface area contributed by atoms with Crippen LogP contribution in [0.25, 0.3) is 0 Å². The Hall–Kier alpha value is -1.83. The minimum atomic E-state index is -0.0850. The van der Waals surface area contributed by atoms with E-state index in [9.17, 15) is 4.79 Å². The monoisotopic (exact) mass is 272 g/mol. The lowest BCUT2D eigenvalue weighted by Crippen LogP contribution is -2.30. The number of hydrogen-bond donors (Lipinski definition) is 2. The zero-order valence-electron chi connectivity index (χ0n) is 11.7. The number of hydrogen-bond acceptors (Lipinski definition) is 3. The van der Waals surface area contributed by atoms with Crippen LogP contribution >= 0.6 is 0 Å². The van der Waals surface area contributed by atoms with Gasteiger partial charge >= 0.3 is 0 Å². The lowest BCUT2D eigenvalue weighted by Gasteiger charge is -2.11. The fraction of sp³-hybridized carbons (Fsp3) is 0.438. The van der Waals surface area contributed by atoms with Crippen LogP contribution in [0.3, 0.4) is 0 Å². The summed E-state index contributed by atoms with van der Waals surface area (Å²) in [5, 5.41) is 2.96. The predicted molar refractivity (Wildman–Crippen MR) is 78.4 cm³/mol. The number of nitrogens with two attached hydrogens (primary N) is 1. The van der Waals surface area contributed by atoms with Crippen LogP contribution in [0.2, 0.25) is 0 Å². The minimum Gasteiger partial charge on any atom is -0.381 e. The van der Waals surface area contributed by atoms with Crippen molar-refractivity contribution in [3.05, 3.63) is 34.9 Å². The molecule has 0 aromatic heterocycles. The van der Waals surface area contributed by atoms with Crippen LogP contribution in [0.5, 0.6) is 0 Å². The van der Waals surface area contributed by atoms with E-state index in [-0.39, 0.29) is 12.5 Å². The van der Waals surface area contributed by atoms with Crippen molar-refractivity contribution in [1.82, 2.24) is 5.32 Å². The summed E-state index contributed by atoms with van der Waals surface area (Å²) in [6.45, 7) is 4.43. The molecule has 1 unspecified atom stereocenters. The van der Waals surface area contributed by atoms with Gasteiger partial charge in [-0.1, -0.05) is 17.9 Å². The molecule has 2 rings (SSSR count). The summed E-state index contributed by atoms with van der Waals surface area (Å²) in [6.07, 6.45) is 1.01. The quantitative estimate of drug-likeness (QED) is 0.809. The molecule has 0 saturated carbocycles. The molecule has 0 spiro atoms. The number of carbonyl (C=O) groups excluding carboxylic acids is 1. The number of benzene rings is 1. The summed E-state index contributed by atoms with van der Waals surface area (Å²) < 4.78 is 5.30. The van der Waals surface area contributed by atoms with Gasteiger partial charge in [0.15, 0.2) is 0 Å². The van der Waals surface area contributed by atoms with E-state index in [0.717, 1.165) is 30.8 Å². The molecule has 1 atom stereocenters. The van der Waals surface area contributed by atoms with Gasteiger partial charge in [0.1, 0.15) is 0 Å². The topological polar surface area (TPSA) is 64.3 Å². The molecule has 1 aliphatic rings. The number of rotatable bonds is 3. The van der Waals surface area contributed by atoms with E-state index in [2.05, 4.69) is 17.2 Å². The van der Waals surface area contributed by atoms with E-state index in [0.29, 0.717) is 18.0 Å². The molecule has 1 fully saturated rings. The standard InChI is InChI=1S/C16H20N2O2/c1-12-4-5-15(14(9-12)3-2-7-17)16(19)18-10-13-6-8-20-11-13/h4-5,9,13H,6-8,10-11,17H2,1H3,(H,18,19). The number of nitrogens with one attached hydrogen (secondary N) is 1. The van der Waals surface area contributed by atoms with Crippen LogP contribution in [-0.4, -0.2) is 32.2 Å². The molecular formula is C16H20N2O2. The van der Waals surface area contributed by atoms with Crippen molar-refractivity contribution in [2.45, 2.75) is 13.3 Å². The highest BCUT2D eigenvalue weighted by atomic mass is 16.5. The first-order valence-electron chi connectivity index (χ1n) is 6.86. The fourth-order valence-electron chi connectivity index (χ4n) is 2.18. The van der Waals surface area contributed by atoms with Crippen LogP contribution in [0.1, 0.15) is 27.9 Å². The maximum Gasteiger partial charge on any atom is 0.252 e. The second kappa shape index (κ2) is 7.09. The number of ether oxygens (including phenoxy) is 1. The Morgan fingerprint density at radius 2 is 2.40 bits per heavy atom. The number of amides is 1. The molecule has 4 nitrogen and oxygen atoms in total. The molecule has 1 heterocycles. The summed E-state index contributed by atoms with van der Waals surface area (Å²) in [5.41, 5.74) is 7.81. The Labute approximate surface area is 119 Å². The van der Waals surface area contributed by atoms with Crippen LogP contribution in [0.4, 0.5) is 0 Å². The summed E-state index contributed by atoms with van der Waals surface area (Å²) in [7, 11) is 0. The van der Waals surface area contributed by atoms with E-state index in [1.807, 2.05) is 25.1 Å². The van der Waals surface area contributed by atoms with E-state index in [1.165, 1.54) is 0 Å². The fourth-order valence-corrected chi connectivity index (χ4v) is 2.18. The highest BCUT2D eigenvalue weighted by Crippen LogP contribution is 2.13. The van der Waals surface area contributed by atoms with E-state index in [1.54, 1.807) is 0 Å². The third kappa shape index (κ3) is 3.83. The van der Waals surface area contributed by atoms with Gasteiger partial charge in [-0.05, 0) is 31.0 Å². The van der Waals surface area contributed by atoms with Crippen LogP contribution < -0.4 is 11.1 Å². The van der Waals surface area contributed by atoms with Crippen molar-refractivity contribution in [3.8, 4) is 11.8 Å². The number of carbonyl (C=O) groups is 1. The van der Waals surface area contributed by atoms with Crippen molar-refractivity contribution in [2.24, 2.45) is 11.7 Å². The lowest BCUT2D eigenvalue weighted by atomic mass is 10.0. The van der Waals surface area contributed by atoms with Gasteiger partial charge in [-0.25, -0.2) is 0 Å². The molecule has 3 N–H and O–H groups in total. The zero-order chi connectivity index (χ0) is 14.4. The average molecular weight is 272 g/mol. The van der Waals surface area contributed by atoms with Gasteiger partial charge in [-0.15, -0.1) is 0 Å².